The van der Waals surface area contributed by atoms with E-state index in [-0.39, 0.29) is 10.7 Å². The normalized spacial score (nSPS) is 12.0. The highest BCUT2D eigenvalue weighted by atomic mass is 127. The maximum Gasteiger partial charge on any atom is 0.204 e. The minimum atomic E-state index is -3.86. The molecule has 0 fully saturated rings. The van der Waals surface area contributed by atoms with Gasteiger partial charge in [-0.1, -0.05) is 40.2 Å². The second kappa shape index (κ2) is 9.84. The molecule has 0 aliphatic carbocycles. The van der Waals surface area contributed by atoms with Crippen molar-refractivity contribution in [1.29, 1.82) is 0 Å². The van der Waals surface area contributed by atoms with E-state index in [0.717, 1.165) is 11.6 Å². The van der Waals surface area contributed by atoms with Crippen molar-refractivity contribution in [2.24, 2.45) is 0 Å². The van der Waals surface area contributed by atoms with Crippen LogP contribution in [0.2, 0.25) is 0 Å². The summed E-state index contributed by atoms with van der Waals surface area (Å²) in [5.74, 6) is -0.746. The quantitative estimate of drug-likeness (QED) is 0.169. The molecule has 0 radical (unpaired) electrons. The summed E-state index contributed by atoms with van der Waals surface area (Å²) in [6.45, 7) is 0. The fourth-order valence-electron chi connectivity index (χ4n) is 2.63. The van der Waals surface area contributed by atoms with Crippen LogP contribution >= 0.6 is 61.1 Å². The smallest absolute Gasteiger partial charge is 0.204 e. The highest BCUT2D eigenvalue weighted by Gasteiger charge is 2.26. The number of rotatable bonds is 6. The number of allylic oxidation sites excluding steroid dienone is 1. The predicted octanol–water partition coefficient (Wildman–Crippen LogP) is 6.50. The number of hydrogen-bond donors (Lipinski definition) is 0. The molecule has 3 rings (SSSR count). The van der Waals surface area contributed by atoms with Crippen molar-refractivity contribution in [3.05, 3.63) is 106 Å². The van der Waals surface area contributed by atoms with E-state index in [1.807, 2.05) is 24.3 Å². The number of halogens is 3. The Hall–Kier alpha value is -1.04. The van der Waals surface area contributed by atoms with Crippen LogP contribution in [0, 0.1) is 7.14 Å². The zero-order valence-corrected chi connectivity index (χ0v) is 21.7. The number of carbonyl (C=O) groups excluding carboxylic acids is 1. The van der Waals surface area contributed by atoms with Gasteiger partial charge in [-0.2, -0.15) is 0 Å². The summed E-state index contributed by atoms with van der Waals surface area (Å²) < 4.78 is 29.3. The first-order valence-corrected chi connectivity index (χ1v) is 13.1. The SMILES string of the molecule is O=C(/C(=C\c1ccc(I)cc1)S(=O)(=O)Cc1ccc(I)cc1)c1ccc(Br)cc1. The molecule has 0 saturated heterocycles. The first kappa shape index (κ1) is 22.6. The fraction of sp³-hybridized carbons (Fsp3) is 0.0455. The van der Waals surface area contributed by atoms with E-state index in [1.54, 1.807) is 48.5 Å². The molecule has 0 amide bonds. The Balaban J connectivity index is 2.05. The first-order chi connectivity index (χ1) is 13.7. The van der Waals surface area contributed by atoms with Crippen molar-refractivity contribution in [2.75, 3.05) is 0 Å². The van der Waals surface area contributed by atoms with Crippen LogP contribution in [-0.4, -0.2) is 14.2 Å². The molecule has 3 aromatic rings. The lowest BCUT2D eigenvalue weighted by Crippen LogP contribution is -2.16. The Morgan fingerprint density at radius 3 is 1.90 bits per heavy atom. The van der Waals surface area contributed by atoms with E-state index in [1.165, 1.54) is 6.08 Å². The van der Waals surface area contributed by atoms with Gasteiger partial charge in [0.15, 0.2) is 9.84 Å². The van der Waals surface area contributed by atoms with Crippen LogP contribution in [0.5, 0.6) is 0 Å². The molecule has 0 aliphatic rings. The average molecular weight is 693 g/mol. The molecule has 7 heteroatoms. The number of carbonyl (C=O) groups is 1. The molecular formula is C22H15BrI2O3S. The molecule has 0 aromatic heterocycles. The van der Waals surface area contributed by atoms with Crippen LogP contribution in [0.1, 0.15) is 21.5 Å². The van der Waals surface area contributed by atoms with Gasteiger partial charge < -0.3 is 0 Å². The Kier molecular flexibility index (Phi) is 7.69. The zero-order valence-electron chi connectivity index (χ0n) is 15.0. The topological polar surface area (TPSA) is 51.2 Å². The second-order valence-corrected chi connectivity index (χ2v) is 11.6. The largest absolute Gasteiger partial charge is 0.288 e. The highest BCUT2D eigenvalue weighted by Crippen LogP contribution is 2.24. The maximum atomic E-state index is 13.2. The zero-order chi connectivity index (χ0) is 21.0. The Bertz CT molecular complexity index is 1150. The summed E-state index contributed by atoms with van der Waals surface area (Å²) in [5.41, 5.74) is 1.63. The van der Waals surface area contributed by atoms with Gasteiger partial charge in [-0.25, -0.2) is 8.42 Å². The molecule has 0 unspecified atom stereocenters. The highest BCUT2D eigenvalue weighted by molar-refractivity contribution is 14.1. The van der Waals surface area contributed by atoms with E-state index in [4.69, 9.17) is 0 Å². The van der Waals surface area contributed by atoms with Crippen molar-refractivity contribution < 1.29 is 13.2 Å². The second-order valence-electron chi connectivity index (χ2n) is 6.28. The average Bonchev–Trinajstić information content (AvgIpc) is 2.69. The monoisotopic (exact) mass is 692 g/mol. The molecule has 29 heavy (non-hydrogen) atoms. The van der Waals surface area contributed by atoms with Gasteiger partial charge in [0.2, 0.25) is 5.78 Å². The van der Waals surface area contributed by atoms with E-state index < -0.39 is 15.6 Å². The third-order valence-electron chi connectivity index (χ3n) is 4.10. The summed E-state index contributed by atoms with van der Waals surface area (Å²) in [6.07, 6.45) is 1.46. The summed E-state index contributed by atoms with van der Waals surface area (Å²) in [6, 6.07) is 21.3. The van der Waals surface area contributed by atoms with E-state index >= 15 is 0 Å². The molecule has 148 valence electrons. The molecule has 0 atom stereocenters. The van der Waals surface area contributed by atoms with Crippen LogP contribution in [-0.2, 0) is 15.6 Å². The lowest BCUT2D eigenvalue weighted by atomic mass is 10.1. The van der Waals surface area contributed by atoms with Crippen LogP contribution in [0.3, 0.4) is 0 Å². The van der Waals surface area contributed by atoms with Crippen LogP contribution in [0.25, 0.3) is 6.08 Å². The Labute approximate surface area is 205 Å². The standard InChI is InChI=1S/C22H15BrI2O3S/c23-18-7-5-17(6-8-18)22(26)21(13-15-1-9-19(24)10-2-15)29(27,28)14-16-3-11-20(25)12-4-16/h1-13H,14H2/b21-13+. The number of Topliss-reactive ketones (excluding diaryl/α,β-unsaturated/α-hetero) is 1. The summed E-state index contributed by atoms with van der Waals surface area (Å²) in [4.78, 5) is 12.9. The molecular weight excluding hydrogens is 678 g/mol. The van der Waals surface area contributed by atoms with Gasteiger partial charge in [-0.05, 0) is 111 Å². The molecule has 0 heterocycles. The van der Waals surface area contributed by atoms with Crippen LogP contribution in [0.15, 0.2) is 82.2 Å². The third-order valence-corrected chi connectivity index (χ3v) is 7.76. The van der Waals surface area contributed by atoms with Crippen LogP contribution in [0.4, 0.5) is 0 Å². The molecule has 0 spiro atoms. The van der Waals surface area contributed by atoms with Gasteiger partial charge in [0, 0.05) is 17.2 Å². The predicted molar refractivity (Wildman–Crippen MR) is 137 cm³/mol. The minimum absolute atomic E-state index is 0.209. The van der Waals surface area contributed by atoms with Crippen molar-refractivity contribution in [3.63, 3.8) is 0 Å². The molecule has 3 nitrogen and oxygen atoms in total. The van der Waals surface area contributed by atoms with Crippen molar-refractivity contribution in [2.45, 2.75) is 5.75 Å². The van der Waals surface area contributed by atoms with Gasteiger partial charge in [-0.15, -0.1) is 0 Å². The Morgan fingerprint density at radius 2 is 1.34 bits per heavy atom. The number of ketones is 1. The molecule has 0 aliphatic heterocycles. The van der Waals surface area contributed by atoms with Crippen molar-refractivity contribution in [1.82, 2.24) is 0 Å². The molecule has 0 saturated carbocycles. The van der Waals surface area contributed by atoms with Crippen molar-refractivity contribution in [3.8, 4) is 0 Å². The lowest BCUT2D eigenvalue weighted by molar-refractivity contribution is 0.104. The van der Waals surface area contributed by atoms with Gasteiger partial charge in [-0.3, -0.25) is 4.79 Å². The summed E-state index contributed by atoms with van der Waals surface area (Å²) >= 11 is 7.68. The number of hydrogen-bond acceptors (Lipinski definition) is 3. The van der Waals surface area contributed by atoms with Gasteiger partial charge in [0.1, 0.15) is 4.91 Å². The Morgan fingerprint density at radius 1 is 0.828 bits per heavy atom. The molecule has 0 bridgehead atoms. The van der Waals surface area contributed by atoms with Gasteiger partial charge in [0.25, 0.3) is 0 Å². The fourth-order valence-corrected chi connectivity index (χ4v) is 5.11. The number of benzene rings is 3. The summed E-state index contributed by atoms with van der Waals surface area (Å²) in [7, 11) is -3.86. The van der Waals surface area contributed by atoms with E-state index in [0.29, 0.717) is 16.7 Å². The maximum absolute atomic E-state index is 13.2. The van der Waals surface area contributed by atoms with E-state index in [2.05, 4.69) is 61.1 Å². The summed E-state index contributed by atoms with van der Waals surface area (Å²) in [5, 5.41) is 0. The van der Waals surface area contributed by atoms with Crippen molar-refractivity contribution >= 4 is 82.8 Å². The van der Waals surface area contributed by atoms with E-state index in [9.17, 15) is 13.2 Å². The van der Waals surface area contributed by atoms with Gasteiger partial charge >= 0.3 is 0 Å². The van der Waals surface area contributed by atoms with Crippen LogP contribution < -0.4 is 0 Å². The van der Waals surface area contributed by atoms with Gasteiger partial charge in [0.05, 0.1) is 5.75 Å². The minimum Gasteiger partial charge on any atom is -0.288 e. The first-order valence-electron chi connectivity index (χ1n) is 8.49. The third kappa shape index (κ3) is 6.22. The number of sulfone groups is 1. The molecule has 3 aromatic carbocycles. The molecule has 0 N–H and O–H groups in total. The lowest BCUT2D eigenvalue weighted by Gasteiger charge is -2.10.